The maximum Gasteiger partial charge on any atom is 0.0796 e. The third kappa shape index (κ3) is 1.55. The van der Waals surface area contributed by atoms with Gasteiger partial charge in [0.15, 0.2) is 0 Å². The summed E-state index contributed by atoms with van der Waals surface area (Å²) in [6, 6.07) is 3.93. The number of fused-ring (bicyclic) bond motifs is 1. The van der Waals surface area contributed by atoms with Crippen LogP contribution in [0.1, 0.15) is 49.0 Å². The summed E-state index contributed by atoms with van der Waals surface area (Å²) < 4.78 is 0. The van der Waals surface area contributed by atoms with Crippen molar-refractivity contribution < 1.29 is 5.11 Å². The highest BCUT2D eigenvalue weighted by atomic mass is 35.5. The average Bonchev–Trinajstić information content (AvgIpc) is 2.47. The lowest BCUT2D eigenvalue weighted by atomic mass is 9.94. The third-order valence-electron chi connectivity index (χ3n) is 2.93. The van der Waals surface area contributed by atoms with E-state index >= 15 is 0 Å². The van der Waals surface area contributed by atoms with E-state index in [-0.39, 0.29) is 6.10 Å². The minimum Gasteiger partial charge on any atom is -0.388 e. The van der Waals surface area contributed by atoms with Gasteiger partial charge in [-0.3, -0.25) is 0 Å². The molecule has 2 heteroatoms. The van der Waals surface area contributed by atoms with Crippen LogP contribution in [0, 0.1) is 0 Å². The van der Waals surface area contributed by atoms with Crippen molar-refractivity contribution in [1.29, 1.82) is 0 Å². The first-order chi connectivity index (χ1) is 6.59. The van der Waals surface area contributed by atoms with E-state index in [1.807, 2.05) is 12.1 Å². The van der Waals surface area contributed by atoms with Crippen LogP contribution < -0.4 is 0 Å². The largest absolute Gasteiger partial charge is 0.388 e. The predicted octanol–water partition coefficient (Wildman–Crippen LogP) is 3.44. The van der Waals surface area contributed by atoms with Gasteiger partial charge in [0.25, 0.3) is 0 Å². The van der Waals surface area contributed by atoms with Gasteiger partial charge in [-0.25, -0.2) is 0 Å². The molecule has 1 atom stereocenters. The monoisotopic (exact) mass is 210 g/mol. The van der Waals surface area contributed by atoms with Gasteiger partial charge in [-0.1, -0.05) is 25.4 Å². The van der Waals surface area contributed by atoms with Crippen molar-refractivity contribution in [2.24, 2.45) is 0 Å². The Bertz CT molecular complexity index is 358. The smallest absolute Gasteiger partial charge is 0.0796 e. The van der Waals surface area contributed by atoms with E-state index in [1.165, 1.54) is 11.1 Å². The minimum atomic E-state index is -0.304. The molecule has 1 aliphatic carbocycles. The second kappa shape index (κ2) is 3.56. The van der Waals surface area contributed by atoms with Crippen LogP contribution in [0.15, 0.2) is 12.1 Å². The Balaban J connectivity index is 2.57. The summed E-state index contributed by atoms with van der Waals surface area (Å²) >= 11 is 6.03. The molecule has 0 saturated heterocycles. The maximum atomic E-state index is 9.75. The number of rotatable bonds is 1. The number of hydrogen-bond donors (Lipinski definition) is 1. The third-order valence-corrected chi connectivity index (χ3v) is 3.15. The molecule has 0 spiro atoms. The van der Waals surface area contributed by atoms with Gasteiger partial charge in [0.05, 0.1) is 6.10 Å². The Morgan fingerprint density at radius 3 is 2.79 bits per heavy atom. The number of benzene rings is 1. The molecule has 14 heavy (non-hydrogen) atoms. The van der Waals surface area contributed by atoms with E-state index in [0.717, 1.165) is 23.4 Å². The normalized spacial score (nSPS) is 20.2. The zero-order chi connectivity index (χ0) is 10.3. The van der Waals surface area contributed by atoms with Crippen molar-refractivity contribution in [1.82, 2.24) is 0 Å². The van der Waals surface area contributed by atoms with Crippen LogP contribution in [0.4, 0.5) is 0 Å². The van der Waals surface area contributed by atoms with Crippen LogP contribution >= 0.6 is 11.6 Å². The van der Waals surface area contributed by atoms with E-state index < -0.39 is 0 Å². The van der Waals surface area contributed by atoms with Crippen molar-refractivity contribution >= 4 is 11.6 Å². The van der Waals surface area contributed by atoms with Crippen LogP contribution in [-0.4, -0.2) is 5.11 Å². The number of aliphatic hydroxyl groups excluding tert-OH is 1. The predicted molar refractivity (Wildman–Crippen MR) is 58.8 cm³/mol. The van der Waals surface area contributed by atoms with E-state index in [1.54, 1.807) is 0 Å². The van der Waals surface area contributed by atoms with Gasteiger partial charge in [-0.2, -0.15) is 0 Å². The average molecular weight is 211 g/mol. The van der Waals surface area contributed by atoms with Crippen molar-refractivity contribution in [3.63, 3.8) is 0 Å². The Hall–Kier alpha value is -0.530. The van der Waals surface area contributed by atoms with Gasteiger partial charge in [0.1, 0.15) is 0 Å². The SMILES string of the molecule is CC(C)c1cc(Cl)cc2c1CCC2O. The fraction of sp³-hybridized carbons (Fsp3) is 0.500. The molecule has 1 aromatic carbocycles. The Morgan fingerprint density at radius 1 is 1.43 bits per heavy atom. The van der Waals surface area contributed by atoms with Crippen LogP contribution in [0.3, 0.4) is 0 Å². The first-order valence-corrected chi connectivity index (χ1v) is 5.47. The molecule has 1 aromatic rings. The summed E-state index contributed by atoms with van der Waals surface area (Å²) in [5, 5.41) is 10.5. The summed E-state index contributed by atoms with van der Waals surface area (Å²) in [5.41, 5.74) is 3.65. The van der Waals surface area contributed by atoms with E-state index in [0.29, 0.717) is 5.92 Å². The van der Waals surface area contributed by atoms with Crippen LogP contribution in [-0.2, 0) is 6.42 Å². The lowest BCUT2D eigenvalue weighted by Gasteiger charge is -2.13. The molecular formula is C12H15ClO. The summed E-state index contributed by atoms with van der Waals surface area (Å²) in [6.07, 6.45) is 1.53. The molecular weight excluding hydrogens is 196 g/mol. The van der Waals surface area contributed by atoms with Crippen LogP contribution in [0.5, 0.6) is 0 Å². The standard InChI is InChI=1S/C12H15ClO/c1-7(2)10-5-8(13)6-11-9(10)3-4-12(11)14/h5-7,12,14H,3-4H2,1-2H3. The van der Waals surface area contributed by atoms with Gasteiger partial charge in [-0.05, 0) is 47.6 Å². The fourth-order valence-corrected chi connectivity index (χ4v) is 2.45. The zero-order valence-corrected chi connectivity index (χ0v) is 9.30. The number of hydrogen-bond acceptors (Lipinski definition) is 1. The lowest BCUT2D eigenvalue weighted by molar-refractivity contribution is 0.180. The van der Waals surface area contributed by atoms with Gasteiger partial charge < -0.3 is 5.11 Å². The number of aliphatic hydroxyl groups is 1. The van der Waals surface area contributed by atoms with Gasteiger partial charge in [0.2, 0.25) is 0 Å². The molecule has 0 aliphatic heterocycles. The summed E-state index contributed by atoms with van der Waals surface area (Å²) in [6.45, 7) is 4.33. The van der Waals surface area contributed by atoms with Gasteiger partial charge in [0, 0.05) is 5.02 Å². The topological polar surface area (TPSA) is 20.2 Å². The van der Waals surface area contributed by atoms with Crippen LogP contribution in [0.2, 0.25) is 5.02 Å². The molecule has 1 nitrogen and oxygen atoms in total. The Morgan fingerprint density at radius 2 is 2.14 bits per heavy atom. The van der Waals surface area contributed by atoms with Crippen molar-refractivity contribution in [2.75, 3.05) is 0 Å². The minimum absolute atomic E-state index is 0.304. The second-order valence-electron chi connectivity index (χ2n) is 4.27. The van der Waals surface area contributed by atoms with Gasteiger partial charge >= 0.3 is 0 Å². The molecule has 76 valence electrons. The zero-order valence-electron chi connectivity index (χ0n) is 8.55. The molecule has 1 unspecified atom stereocenters. The summed E-state index contributed by atoms with van der Waals surface area (Å²) in [7, 11) is 0. The maximum absolute atomic E-state index is 9.75. The van der Waals surface area contributed by atoms with Crippen molar-refractivity contribution in [2.45, 2.75) is 38.7 Å². The van der Waals surface area contributed by atoms with Crippen molar-refractivity contribution in [3.8, 4) is 0 Å². The molecule has 0 amide bonds. The van der Waals surface area contributed by atoms with Crippen LogP contribution in [0.25, 0.3) is 0 Å². The first kappa shape index (κ1) is 10.0. The Kier molecular flexibility index (Phi) is 2.54. The molecule has 0 fully saturated rings. The lowest BCUT2D eigenvalue weighted by Crippen LogP contribution is -1.97. The highest BCUT2D eigenvalue weighted by molar-refractivity contribution is 6.30. The van der Waals surface area contributed by atoms with Crippen molar-refractivity contribution in [3.05, 3.63) is 33.8 Å². The molecule has 0 radical (unpaired) electrons. The van der Waals surface area contributed by atoms with E-state index in [2.05, 4.69) is 13.8 Å². The summed E-state index contributed by atoms with van der Waals surface area (Å²) in [4.78, 5) is 0. The molecule has 0 aromatic heterocycles. The molecule has 2 rings (SSSR count). The van der Waals surface area contributed by atoms with E-state index in [4.69, 9.17) is 11.6 Å². The fourth-order valence-electron chi connectivity index (χ4n) is 2.22. The quantitative estimate of drug-likeness (QED) is 0.753. The first-order valence-electron chi connectivity index (χ1n) is 5.10. The second-order valence-corrected chi connectivity index (χ2v) is 4.71. The Labute approximate surface area is 89.7 Å². The van der Waals surface area contributed by atoms with E-state index in [9.17, 15) is 5.11 Å². The molecule has 0 heterocycles. The van der Waals surface area contributed by atoms with Gasteiger partial charge in [-0.15, -0.1) is 0 Å². The molecule has 1 aliphatic rings. The summed E-state index contributed by atoms with van der Waals surface area (Å²) in [5.74, 6) is 0.479. The number of halogens is 1. The highest BCUT2D eigenvalue weighted by Crippen LogP contribution is 2.37. The molecule has 1 N–H and O–H groups in total. The highest BCUT2D eigenvalue weighted by Gasteiger charge is 2.24. The molecule has 0 saturated carbocycles. The molecule has 0 bridgehead atoms.